The van der Waals surface area contributed by atoms with Gasteiger partial charge in [-0.2, -0.15) is 0 Å². The fourth-order valence-corrected chi connectivity index (χ4v) is 6.35. The normalized spacial score (nSPS) is 27.1. The van der Waals surface area contributed by atoms with E-state index in [2.05, 4.69) is 113 Å². The molecule has 2 aromatic carbocycles. The zero-order chi connectivity index (χ0) is 22.7. The zero-order valence-corrected chi connectivity index (χ0v) is 21.5. The predicted molar refractivity (Wildman–Crippen MR) is 133 cm³/mol. The standard InChI is InChI=1S/2C15H22/c1-10-7-8-12-13(9-10)15(5,6)11(2)14(12,3)4;1-6-15(5)10-14(3,4)12-8-7-11(2)9-13(12)15/h7-9,11H,1-6H3;7-9H,6,10H2,1-5H3. The van der Waals surface area contributed by atoms with E-state index in [1.165, 1.54) is 24.0 Å². The highest BCUT2D eigenvalue weighted by Gasteiger charge is 2.48. The molecule has 2 aliphatic rings. The number of aryl methyl sites for hydroxylation is 2. The van der Waals surface area contributed by atoms with Gasteiger partial charge in [0.25, 0.3) is 0 Å². The van der Waals surface area contributed by atoms with Crippen LogP contribution < -0.4 is 0 Å². The lowest BCUT2D eigenvalue weighted by Gasteiger charge is -2.32. The number of hydrogen-bond donors (Lipinski definition) is 0. The van der Waals surface area contributed by atoms with E-state index < -0.39 is 0 Å². The molecule has 2 aromatic rings. The second-order valence-electron chi connectivity index (χ2n) is 12.2. The Morgan fingerprint density at radius 1 is 0.700 bits per heavy atom. The lowest BCUT2D eigenvalue weighted by Crippen LogP contribution is -2.30. The maximum Gasteiger partial charge on any atom is -0.00666 e. The van der Waals surface area contributed by atoms with E-state index >= 15 is 0 Å². The highest BCUT2D eigenvalue weighted by Crippen LogP contribution is 2.53. The van der Waals surface area contributed by atoms with E-state index in [4.69, 9.17) is 0 Å². The zero-order valence-electron chi connectivity index (χ0n) is 21.5. The van der Waals surface area contributed by atoms with Crippen LogP contribution in [0.5, 0.6) is 0 Å². The average Bonchev–Trinajstić information content (AvgIpc) is 2.93. The summed E-state index contributed by atoms with van der Waals surface area (Å²) in [6.45, 7) is 25.8. The summed E-state index contributed by atoms with van der Waals surface area (Å²) in [7, 11) is 0. The third-order valence-corrected chi connectivity index (χ3v) is 8.90. The van der Waals surface area contributed by atoms with Gasteiger partial charge in [0.2, 0.25) is 0 Å². The Morgan fingerprint density at radius 3 is 1.70 bits per heavy atom. The molecule has 0 spiro atoms. The Balaban J connectivity index is 0.000000171. The Hall–Kier alpha value is -1.56. The molecule has 0 saturated heterocycles. The first kappa shape index (κ1) is 23.1. The van der Waals surface area contributed by atoms with Crippen LogP contribution in [0.15, 0.2) is 36.4 Å². The van der Waals surface area contributed by atoms with Crippen LogP contribution >= 0.6 is 0 Å². The molecule has 0 amide bonds. The topological polar surface area (TPSA) is 0 Å². The molecule has 0 aromatic heterocycles. The third-order valence-electron chi connectivity index (χ3n) is 8.90. The molecule has 0 saturated carbocycles. The van der Waals surface area contributed by atoms with E-state index in [9.17, 15) is 0 Å². The van der Waals surface area contributed by atoms with Crippen molar-refractivity contribution in [2.24, 2.45) is 5.92 Å². The van der Waals surface area contributed by atoms with Crippen molar-refractivity contribution in [3.05, 3.63) is 69.8 Å². The van der Waals surface area contributed by atoms with Crippen LogP contribution in [0.25, 0.3) is 0 Å². The minimum Gasteiger partial charge on any atom is -0.0645 e. The monoisotopic (exact) mass is 404 g/mol. The first-order chi connectivity index (χ1) is 13.7. The fraction of sp³-hybridized carbons (Fsp3) is 0.600. The van der Waals surface area contributed by atoms with Gasteiger partial charge in [0.05, 0.1) is 0 Å². The molecule has 0 heteroatoms. The minimum absolute atomic E-state index is 0.310. The van der Waals surface area contributed by atoms with Crippen molar-refractivity contribution in [2.45, 2.75) is 111 Å². The summed E-state index contributed by atoms with van der Waals surface area (Å²) in [6, 6.07) is 13.9. The molecule has 2 unspecified atom stereocenters. The largest absolute Gasteiger partial charge is 0.0645 e. The van der Waals surface area contributed by atoms with Crippen molar-refractivity contribution in [1.82, 2.24) is 0 Å². The molecule has 0 aliphatic heterocycles. The molecule has 0 nitrogen and oxygen atoms in total. The highest BCUT2D eigenvalue weighted by atomic mass is 14.5. The summed E-state index contributed by atoms with van der Waals surface area (Å²) >= 11 is 0. The quantitative estimate of drug-likeness (QED) is 0.446. The molecule has 0 radical (unpaired) electrons. The Kier molecular flexibility index (Phi) is 5.58. The molecule has 30 heavy (non-hydrogen) atoms. The van der Waals surface area contributed by atoms with E-state index in [0.29, 0.717) is 27.6 Å². The average molecular weight is 405 g/mol. The van der Waals surface area contributed by atoms with Gasteiger partial charge in [0.15, 0.2) is 0 Å². The first-order valence-corrected chi connectivity index (χ1v) is 11.9. The van der Waals surface area contributed by atoms with Crippen LogP contribution in [0.2, 0.25) is 0 Å². The van der Waals surface area contributed by atoms with Crippen molar-refractivity contribution in [2.75, 3.05) is 0 Å². The fourth-order valence-electron chi connectivity index (χ4n) is 6.35. The first-order valence-electron chi connectivity index (χ1n) is 11.9. The van der Waals surface area contributed by atoms with Crippen molar-refractivity contribution in [1.29, 1.82) is 0 Å². The SMILES string of the molecule is CCC1(C)CC(C)(C)c2ccc(C)cc21.Cc1ccc2c(c1)C(C)(C)C(C)C2(C)C. The van der Waals surface area contributed by atoms with Crippen LogP contribution in [0.3, 0.4) is 0 Å². The van der Waals surface area contributed by atoms with Gasteiger partial charge in [-0.15, -0.1) is 0 Å². The van der Waals surface area contributed by atoms with Crippen molar-refractivity contribution >= 4 is 0 Å². The van der Waals surface area contributed by atoms with Crippen molar-refractivity contribution in [3.63, 3.8) is 0 Å². The third kappa shape index (κ3) is 3.55. The van der Waals surface area contributed by atoms with Gasteiger partial charge in [-0.05, 0) is 76.5 Å². The van der Waals surface area contributed by atoms with E-state index in [0.717, 1.165) is 0 Å². The summed E-state index contributed by atoms with van der Waals surface area (Å²) in [5.74, 6) is 0.696. The Labute approximate surface area is 186 Å². The van der Waals surface area contributed by atoms with E-state index in [1.807, 2.05) is 0 Å². The van der Waals surface area contributed by atoms with Crippen LogP contribution in [-0.4, -0.2) is 0 Å². The van der Waals surface area contributed by atoms with Crippen LogP contribution in [0, 0.1) is 19.8 Å². The summed E-state index contributed by atoms with van der Waals surface area (Å²) in [6.07, 6.45) is 2.53. The van der Waals surface area contributed by atoms with Crippen LogP contribution in [0.4, 0.5) is 0 Å². The molecule has 0 heterocycles. The molecule has 4 rings (SSSR count). The van der Waals surface area contributed by atoms with Crippen LogP contribution in [0.1, 0.15) is 109 Å². The molecular formula is C30H44. The summed E-state index contributed by atoms with van der Waals surface area (Å²) in [4.78, 5) is 0. The van der Waals surface area contributed by atoms with Crippen molar-refractivity contribution < 1.29 is 0 Å². The number of benzene rings is 2. The molecule has 2 atom stereocenters. The van der Waals surface area contributed by atoms with Crippen molar-refractivity contribution in [3.8, 4) is 0 Å². The minimum atomic E-state index is 0.310. The maximum atomic E-state index is 2.42. The molecule has 164 valence electrons. The van der Waals surface area contributed by atoms with Gasteiger partial charge in [0.1, 0.15) is 0 Å². The second-order valence-corrected chi connectivity index (χ2v) is 12.2. The molecule has 0 bridgehead atoms. The smallest absolute Gasteiger partial charge is 0.00666 e. The predicted octanol–water partition coefficient (Wildman–Crippen LogP) is 8.54. The van der Waals surface area contributed by atoms with Gasteiger partial charge < -0.3 is 0 Å². The molecule has 2 aliphatic carbocycles. The number of rotatable bonds is 1. The molecule has 0 fully saturated rings. The van der Waals surface area contributed by atoms with Gasteiger partial charge >= 0.3 is 0 Å². The van der Waals surface area contributed by atoms with Crippen LogP contribution in [-0.2, 0) is 21.7 Å². The number of fused-ring (bicyclic) bond motifs is 2. The Bertz CT molecular complexity index is 926. The van der Waals surface area contributed by atoms with Gasteiger partial charge in [-0.25, -0.2) is 0 Å². The lowest BCUT2D eigenvalue weighted by molar-refractivity contribution is 0.264. The lowest BCUT2D eigenvalue weighted by atomic mass is 9.71. The van der Waals surface area contributed by atoms with Gasteiger partial charge in [0, 0.05) is 0 Å². The summed E-state index contributed by atoms with van der Waals surface area (Å²) in [5, 5.41) is 0. The van der Waals surface area contributed by atoms with Gasteiger partial charge in [-0.1, -0.05) is 110 Å². The van der Waals surface area contributed by atoms with E-state index in [-0.39, 0.29) is 0 Å². The summed E-state index contributed by atoms with van der Waals surface area (Å²) in [5.41, 5.74) is 10.4. The van der Waals surface area contributed by atoms with Gasteiger partial charge in [-0.3, -0.25) is 0 Å². The highest BCUT2D eigenvalue weighted by molar-refractivity contribution is 5.48. The summed E-state index contributed by atoms with van der Waals surface area (Å²) < 4.78 is 0. The maximum absolute atomic E-state index is 2.42. The van der Waals surface area contributed by atoms with E-state index in [1.54, 1.807) is 22.3 Å². The number of hydrogen-bond acceptors (Lipinski definition) is 0. The second kappa shape index (κ2) is 7.25. The molecular weight excluding hydrogens is 360 g/mol. The molecule has 0 N–H and O–H groups in total. The Morgan fingerprint density at radius 2 is 1.17 bits per heavy atom.